The normalized spacial score (nSPS) is 10.1. The van der Waals surface area contributed by atoms with Crippen LogP contribution in [0.3, 0.4) is 0 Å². The Morgan fingerprint density at radius 2 is 2.07 bits per heavy atom. The lowest BCUT2D eigenvalue weighted by atomic mass is 10.3. The molecule has 0 fully saturated rings. The molecule has 1 N–H and O–H groups in total. The summed E-state index contributed by atoms with van der Waals surface area (Å²) in [5, 5.41) is 2.83. The zero-order chi connectivity index (χ0) is 11.4. The Morgan fingerprint density at radius 1 is 1.40 bits per heavy atom. The molecule has 0 heterocycles. The van der Waals surface area contributed by atoms with Gasteiger partial charge in [0, 0.05) is 22.3 Å². The van der Waals surface area contributed by atoms with Gasteiger partial charge in [0.25, 0.3) is 0 Å². The van der Waals surface area contributed by atoms with E-state index in [0.29, 0.717) is 11.4 Å². The number of halogens is 4. The molecular weight excluding hydrogens is 336 g/mol. The van der Waals surface area contributed by atoms with Gasteiger partial charge in [0.1, 0.15) is 5.82 Å². The molecule has 0 aromatic heterocycles. The highest BCUT2D eigenvalue weighted by atomic mass is 79.9. The van der Waals surface area contributed by atoms with E-state index in [2.05, 4.69) is 37.2 Å². The van der Waals surface area contributed by atoms with Crippen LogP contribution in [0.25, 0.3) is 0 Å². The van der Waals surface area contributed by atoms with Crippen molar-refractivity contribution < 1.29 is 13.6 Å². The van der Waals surface area contributed by atoms with Crippen LogP contribution in [-0.4, -0.2) is 11.2 Å². The number of carbonyl (C=O) groups is 1. The van der Waals surface area contributed by atoms with Crippen LogP contribution in [0.15, 0.2) is 16.6 Å². The number of carbonyl (C=O) groups excluding carboxylic acids is 1. The summed E-state index contributed by atoms with van der Waals surface area (Å²) < 4.78 is 26.1. The molecule has 6 heteroatoms. The van der Waals surface area contributed by atoms with E-state index in [1.54, 1.807) is 0 Å². The first-order valence-corrected chi connectivity index (χ1v) is 5.96. The fraction of sp³-hybridized carbons (Fsp3) is 0.222. The molecule has 1 aromatic carbocycles. The van der Waals surface area contributed by atoms with Crippen molar-refractivity contribution in [2.45, 2.75) is 6.42 Å². The highest BCUT2D eigenvalue weighted by molar-refractivity contribution is 9.10. The number of benzene rings is 1. The molecule has 0 bridgehead atoms. The smallest absolute Gasteiger partial charge is 0.225 e. The van der Waals surface area contributed by atoms with Crippen LogP contribution >= 0.6 is 31.9 Å². The average Bonchev–Trinajstić information content (AvgIpc) is 2.11. The largest absolute Gasteiger partial charge is 0.323 e. The van der Waals surface area contributed by atoms with E-state index in [0.717, 1.165) is 6.07 Å². The molecule has 0 aliphatic rings. The Kier molecular flexibility index (Phi) is 4.66. The summed E-state index contributed by atoms with van der Waals surface area (Å²) in [5.41, 5.74) is -0.0395. The molecule has 0 aliphatic carbocycles. The lowest BCUT2D eigenvalue weighted by molar-refractivity contribution is -0.115. The van der Waals surface area contributed by atoms with Crippen LogP contribution in [0.5, 0.6) is 0 Å². The molecule has 0 saturated carbocycles. The van der Waals surface area contributed by atoms with Gasteiger partial charge in [-0.3, -0.25) is 4.79 Å². The standard InChI is InChI=1S/C9H7Br2F2NO/c10-2-1-8(15)14-9-6(11)3-5(12)4-7(9)13/h3-4H,1-2H2,(H,14,15). The van der Waals surface area contributed by atoms with Gasteiger partial charge in [-0.2, -0.15) is 0 Å². The molecule has 2 nitrogen and oxygen atoms in total. The van der Waals surface area contributed by atoms with Gasteiger partial charge < -0.3 is 5.32 Å². The van der Waals surface area contributed by atoms with Crippen LogP contribution < -0.4 is 5.32 Å². The number of hydrogen-bond donors (Lipinski definition) is 1. The maximum absolute atomic E-state index is 13.2. The minimum atomic E-state index is -0.801. The number of alkyl halides is 1. The topological polar surface area (TPSA) is 29.1 Å². The second kappa shape index (κ2) is 5.55. The lowest BCUT2D eigenvalue weighted by Crippen LogP contribution is -2.13. The van der Waals surface area contributed by atoms with E-state index in [4.69, 9.17) is 0 Å². The Balaban J connectivity index is 2.90. The molecule has 0 radical (unpaired) electrons. The van der Waals surface area contributed by atoms with E-state index in [-0.39, 0.29) is 22.5 Å². The van der Waals surface area contributed by atoms with E-state index in [9.17, 15) is 13.6 Å². The van der Waals surface area contributed by atoms with Crippen molar-refractivity contribution >= 4 is 43.5 Å². The number of nitrogens with one attached hydrogen (secondary N) is 1. The summed E-state index contributed by atoms with van der Waals surface area (Å²) in [6, 6.07) is 1.81. The molecule has 1 amide bonds. The number of anilines is 1. The summed E-state index contributed by atoms with van der Waals surface area (Å²) in [4.78, 5) is 11.2. The summed E-state index contributed by atoms with van der Waals surface area (Å²) in [6.07, 6.45) is 0.225. The zero-order valence-corrected chi connectivity index (χ0v) is 10.7. The Labute approximate surface area is 102 Å². The second-order valence-electron chi connectivity index (χ2n) is 2.73. The minimum Gasteiger partial charge on any atom is -0.323 e. The van der Waals surface area contributed by atoms with Crippen LogP contribution in [0.4, 0.5) is 14.5 Å². The first-order chi connectivity index (χ1) is 7.04. The third kappa shape index (κ3) is 3.53. The van der Waals surface area contributed by atoms with E-state index < -0.39 is 11.6 Å². The predicted molar refractivity (Wildman–Crippen MR) is 61.1 cm³/mol. The maximum Gasteiger partial charge on any atom is 0.225 e. The van der Waals surface area contributed by atoms with Gasteiger partial charge in [0.2, 0.25) is 5.91 Å². The second-order valence-corrected chi connectivity index (χ2v) is 4.38. The molecule has 0 atom stereocenters. The molecular formula is C9H7Br2F2NO. The van der Waals surface area contributed by atoms with Crippen LogP contribution in [0.1, 0.15) is 6.42 Å². The van der Waals surface area contributed by atoms with E-state index >= 15 is 0 Å². The predicted octanol–water partition coefficient (Wildman–Crippen LogP) is 3.45. The monoisotopic (exact) mass is 341 g/mol. The minimum absolute atomic E-state index is 0.0395. The van der Waals surface area contributed by atoms with E-state index in [1.165, 1.54) is 0 Å². The van der Waals surface area contributed by atoms with Crippen molar-refractivity contribution in [3.05, 3.63) is 28.2 Å². The van der Waals surface area contributed by atoms with Gasteiger partial charge in [0.05, 0.1) is 5.69 Å². The van der Waals surface area contributed by atoms with Crippen molar-refractivity contribution in [1.29, 1.82) is 0 Å². The van der Waals surface area contributed by atoms with Gasteiger partial charge in [-0.15, -0.1) is 0 Å². The van der Waals surface area contributed by atoms with Gasteiger partial charge in [-0.05, 0) is 22.0 Å². The van der Waals surface area contributed by atoms with Crippen molar-refractivity contribution in [3.8, 4) is 0 Å². The lowest BCUT2D eigenvalue weighted by Gasteiger charge is -2.07. The fourth-order valence-electron chi connectivity index (χ4n) is 0.949. The molecule has 1 aromatic rings. The first kappa shape index (κ1) is 12.6. The fourth-order valence-corrected chi connectivity index (χ4v) is 1.82. The van der Waals surface area contributed by atoms with Crippen LogP contribution in [-0.2, 0) is 4.79 Å². The number of rotatable bonds is 3. The van der Waals surface area contributed by atoms with Crippen molar-refractivity contribution in [1.82, 2.24) is 0 Å². The zero-order valence-electron chi connectivity index (χ0n) is 7.49. The summed E-state index contributed by atoms with van der Waals surface area (Å²) in [7, 11) is 0. The Morgan fingerprint density at radius 3 is 2.60 bits per heavy atom. The van der Waals surface area contributed by atoms with Gasteiger partial charge >= 0.3 is 0 Å². The van der Waals surface area contributed by atoms with E-state index in [1.807, 2.05) is 0 Å². The Hall–Kier alpha value is -0.490. The summed E-state index contributed by atoms with van der Waals surface area (Å²) in [5.74, 6) is -1.83. The average molecular weight is 343 g/mol. The number of amides is 1. The molecule has 0 aliphatic heterocycles. The van der Waals surface area contributed by atoms with Crippen molar-refractivity contribution in [2.24, 2.45) is 0 Å². The van der Waals surface area contributed by atoms with Gasteiger partial charge in [-0.1, -0.05) is 15.9 Å². The van der Waals surface area contributed by atoms with Crippen molar-refractivity contribution in [3.63, 3.8) is 0 Å². The summed E-state index contributed by atoms with van der Waals surface area (Å²) >= 11 is 6.06. The van der Waals surface area contributed by atoms with Crippen LogP contribution in [0.2, 0.25) is 0 Å². The third-order valence-corrected chi connectivity index (χ3v) is 2.61. The highest BCUT2D eigenvalue weighted by Gasteiger charge is 2.11. The third-order valence-electron chi connectivity index (χ3n) is 1.59. The van der Waals surface area contributed by atoms with Crippen molar-refractivity contribution in [2.75, 3.05) is 10.6 Å². The quantitative estimate of drug-likeness (QED) is 0.837. The highest BCUT2D eigenvalue weighted by Crippen LogP contribution is 2.26. The molecule has 15 heavy (non-hydrogen) atoms. The van der Waals surface area contributed by atoms with Crippen LogP contribution in [0, 0.1) is 11.6 Å². The summed E-state index contributed by atoms with van der Waals surface area (Å²) in [6.45, 7) is 0. The maximum atomic E-state index is 13.2. The molecule has 0 saturated heterocycles. The van der Waals surface area contributed by atoms with Gasteiger partial charge in [-0.25, -0.2) is 8.78 Å². The Bertz CT molecular complexity index is 361. The first-order valence-electron chi connectivity index (χ1n) is 4.05. The molecule has 82 valence electrons. The number of hydrogen-bond acceptors (Lipinski definition) is 1. The van der Waals surface area contributed by atoms with Gasteiger partial charge in [0.15, 0.2) is 5.82 Å². The molecule has 0 unspecified atom stereocenters. The molecule has 0 spiro atoms. The SMILES string of the molecule is O=C(CCBr)Nc1c(F)cc(F)cc1Br. The molecule has 1 rings (SSSR count).